The molecule has 0 spiro atoms. The second-order valence-electron chi connectivity index (χ2n) is 6.74. The average Bonchev–Trinajstić information content (AvgIpc) is 2.73. The number of aryl methyl sites for hydroxylation is 1. The molecule has 0 radical (unpaired) electrons. The molecular formula is C21H20N2O3S2. The number of pyridine rings is 1. The van der Waals surface area contributed by atoms with Gasteiger partial charge in [0.2, 0.25) is 9.84 Å². The molecule has 1 aliphatic rings. The molecule has 5 nitrogen and oxygen atoms in total. The molecule has 28 heavy (non-hydrogen) atoms. The van der Waals surface area contributed by atoms with E-state index in [4.69, 9.17) is 0 Å². The van der Waals surface area contributed by atoms with Crippen molar-refractivity contribution in [2.24, 2.45) is 0 Å². The molecule has 0 bridgehead atoms. The van der Waals surface area contributed by atoms with Crippen LogP contribution in [0.3, 0.4) is 0 Å². The van der Waals surface area contributed by atoms with E-state index < -0.39 is 9.84 Å². The van der Waals surface area contributed by atoms with Crippen molar-refractivity contribution >= 4 is 38.4 Å². The van der Waals surface area contributed by atoms with Gasteiger partial charge in [-0.25, -0.2) is 8.42 Å². The summed E-state index contributed by atoms with van der Waals surface area (Å²) in [6, 6.07) is 13.8. The van der Waals surface area contributed by atoms with Crippen LogP contribution in [0.5, 0.6) is 0 Å². The molecule has 144 valence electrons. The number of fused-ring (bicyclic) bond motifs is 1. The van der Waals surface area contributed by atoms with Crippen LogP contribution in [0.4, 0.5) is 0 Å². The second kappa shape index (κ2) is 7.56. The number of carbonyl (C=O) groups excluding carboxylic acids is 1. The Morgan fingerprint density at radius 1 is 1.04 bits per heavy atom. The van der Waals surface area contributed by atoms with Crippen molar-refractivity contribution in [3.63, 3.8) is 0 Å². The highest BCUT2D eigenvalue weighted by molar-refractivity contribution is 7.99. The molecule has 1 aromatic heterocycles. The number of nitrogens with zero attached hydrogens (tertiary/aromatic N) is 2. The van der Waals surface area contributed by atoms with Gasteiger partial charge in [0.05, 0.1) is 20.9 Å². The number of carbonyl (C=O) groups is 1. The molecule has 1 fully saturated rings. The topological polar surface area (TPSA) is 67.3 Å². The number of hydrogen-bond acceptors (Lipinski definition) is 5. The fourth-order valence-corrected chi connectivity index (χ4v) is 5.85. The van der Waals surface area contributed by atoms with Crippen LogP contribution in [0.2, 0.25) is 0 Å². The molecule has 1 amide bonds. The summed E-state index contributed by atoms with van der Waals surface area (Å²) >= 11 is 1.79. The Bertz CT molecular complexity index is 1140. The van der Waals surface area contributed by atoms with E-state index in [2.05, 4.69) is 4.98 Å². The maximum atomic E-state index is 13.6. The van der Waals surface area contributed by atoms with E-state index >= 15 is 0 Å². The zero-order valence-electron chi connectivity index (χ0n) is 15.5. The van der Waals surface area contributed by atoms with Gasteiger partial charge in [0.15, 0.2) is 0 Å². The summed E-state index contributed by atoms with van der Waals surface area (Å²) in [6.45, 7) is 3.13. The van der Waals surface area contributed by atoms with E-state index in [1.54, 1.807) is 65.2 Å². The zero-order valence-corrected chi connectivity index (χ0v) is 17.1. The summed E-state index contributed by atoms with van der Waals surface area (Å²) < 4.78 is 27.1. The maximum absolute atomic E-state index is 13.6. The molecule has 3 aromatic rings. The van der Waals surface area contributed by atoms with Gasteiger partial charge in [-0.05, 0) is 25.1 Å². The number of para-hydroxylation sites is 1. The van der Waals surface area contributed by atoms with Crippen molar-refractivity contribution in [1.29, 1.82) is 0 Å². The van der Waals surface area contributed by atoms with Gasteiger partial charge in [-0.3, -0.25) is 9.78 Å². The van der Waals surface area contributed by atoms with Crippen molar-refractivity contribution in [2.75, 3.05) is 24.6 Å². The molecule has 2 heterocycles. The van der Waals surface area contributed by atoms with Crippen LogP contribution < -0.4 is 0 Å². The lowest BCUT2D eigenvalue weighted by Gasteiger charge is -2.27. The second-order valence-corrected chi connectivity index (χ2v) is 9.85. The van der Waals surface area contributed by atoms with E-state index in [-0.39, 0.29) is 21.3 Å². The van der Waals surface area contributed by atoms with Crippen LogP contribution >= 0.6 is 11.8 Å². The molecule has 0 N–H and O–H groups in total. The molecule has 1 aliphatic heterocycles. The smallest absolute Gasteiger partial charge is 0.256 e. The quantitative estimate of drug-likeness (QED) is 0.658. The minimum Gasteiger partial charge on any atom is -0.337 e. The van der Waals surface area contributed by atoms with Crippen LogP contribution in [0.15, 0.2) is 64.5 Å². The highest BCUT2D eigenvalue weighted by Gasteiger charge is 2.30. The van der Waals surface area contributed by atoms with Gasteiger partial charge in [-0.1, -0.05) is 35.9 Å². The minimum absolute atomic E-state index is 0.0465. The third-order valence-corrected chi connectivity index (χ3v) is 7.67. The minimum atomic E-state index is -3.89. The highest BCUT2D eigenvalue weighted by atomic mass is 32.2. The van der Waals surface area contributed by atoms with Gasteiger partial charge < -0.3 is 4.90 Å². The fourth-order valence-electron chi connectivity index (χ4n) is 3.33. The van der Waals surface area contributed by atoms with Gasteiger partial charge in [-0.2, -0.15) is 11.8 Å². The first-order chi connectivity index (χ1) is 13.5. The largest absolute Gasteiger partial charge is 0.337 e. The number of aromatic nitrogens is 1. The van der Waals surface area contributed by atoms with Gasteiger partial charge >= 0.3 is 0 Å². The van der Waals surface area contributed by atoms with E-state index in [0.29, 0.717) is 24.0 Å². The third-order valence-electron chi connectivity index (χ3n) is 4.85. The lowest BCUT2D eigenvalue weighted by atomic mass is 10.1. The van der Waals surface area contributed by atoms with Gasteiger partial charge in [0.1, 0.15) is 0 Å². The van der Waals surface area contributed by atoms with Crippen LogP contribution in [0.25, 0.3) is 10.9 Å². The Morgan fingerprint density at radius 2 is 1.71 bits per heavy atom. The normalized spacial score (nSPS) is 15.0. The number of thioether (sulfide) groups is 1. The molecule has 1 saturated heterocycles. The number of amides is 1. The Kier molecular flexibility index (Phi) is 5.12. The van der Waals surface area contributed by atoms with Crippen LogP contribution in [-0.4, -0.2) is 48.8 Å². The zero-order chi connectivity index (χ0) is 19.7. The Morgan fingerprint density at radius 3 is 2.43 bits per heavy atom. The van der Waals surface area contributed by atoms with Crippen LogP contribution in [0, 0.1) is 6.92 Å². The summed E-state index contributed by atoms with van der Waals surface area (Å²) in [5, 5.41) is 0.473. The lowest BCUT2D eigenvalue weighted by molar-refractivity contribution is 0.0768. The number of benzene rings is 2. The monoisotopic (exact) mass is 412 g/mol. The van der Waals surface area contributed by atoms with E-state index in [1.807, 2.05) is 6.92 Å². The van der Waals surface area contributed by atoms with Crippen LogP contribution in [-0.2, 0) is 9.84 Å². The van der Waals surface area contributed by atoms with Gasteiger partial charge in [0, 0.05) is 36.2 Å². The molecule has 0 saturated carbocycles. The molecule has 4 rings (SSSR count). The molecule has 2 aromatic carbocycles. The number of sulfone groups is 1. The van der Waals surface area contributed by atoms with E-state index in [0.717, 1.165) is 17.1 Å². The van der Waals surface area contributed by atoms with Gasteiger partial charge in [-0.15, -0.1) is 0 Å². The summed E-state index contributed by atoms with van der Waals surface area (Å²) in [4.78, 5) is 19.5. The lowest BCUT2D eigenvalue weighted by Crippen LogP contribution is -2.38. The maximum Gasteiger partial charge on any atom is 0.256 e. The number of hydrogen-bond donors (Lipinski definition) is 0. The SMILES string of the molecule is Cc1ccc(S(=O)(=O)c2c(C(=O)N3CCSCC3)cnc3ccccc23)cc1. The predicted octanol–water partition coefficient (Wildman–Crippen LogP) is 3.57. The number of rotatable bonds is 3. The Balaban J connectivity index is 1.94. The average molecular weight is 413 g/mol. The predicted molar refractivity (Wildman–Crippen MR) is 112 cm³/mol. The van der Waals surface area contributed by atoms with Crippen molar-refractivity contribution in [2.45, 2.75) is 16.7 Å². The third kappa shape index (κ3) is 3.40. The molecule has 0 unspecified atom stereocenters. The first-order valence-electron chi connectivity index (χ1n) is 9.05. The summed E-state index contributed by atoms with van der Waals surface area (Å²) in [5.74, 6) is 1.43. The van der Waals surface area contributed by atoms with Crippen molar-refractivity contribution in [1.82, 2.24) is 9.88 Å². The fraction of sp³-hybridized carbons (Fsp3) is 0.238. The Labute approximate surface area is 168 Å². The molecular weight excluding hydrogens is 392 g/mol. The van der Waals surface area contributed by atoms with Crippen LogP contribution in [0.1, 0.15) is 15.9 Å². The summed E-state index contributed by atoms with van der Waals surface area (Å²) in [6.07, 6.45) is 1.41. The Hall–Kier alpha value is -2.38. The van der Waals surface area contributed by atoms with Gasteiger partial charge in [0.25, 0.3) is 5.91 Å². The van der Waals surface area contributed by atoms with Crippen molar-refractivity contribution in [3.05, 3.63) is 65.9 Å². The molecule has 7 heteroatoms. The van der Waals surface area contributed by atoms with E-state index in [1.165, 1.54) is 6.20 Å². The molecule has 0 aliphatic carbocycles. The first kappa shape index (κ1) is 19.0. The van der Waals surface area contributed by atoms with E-state index in [9.17, 15) is 13.2 Å². The molecule has 0 atom stereocenters. The first-order valence-corrected chi connectivity index (χ1v) is 11.7. The summed E-state index contributed by atoms with van der Waals surface area (Å²) in [5.41, 5.74) is 1.67. The van der Waals surface area contributed by atoms with Crippen molar-refractivity contribution < 1.29 is 13.2 Å². The highest BCUT2D eigenvalue weighted by Crippen LogP contribution is 2.31. The standard InChI is InChI=1S/C21H20N2O3S2/c1-15-6-8-16(9-7-15)28(25,26)20-17-4-2-3-5-19(17)22-14-18(20)21(24)23-10-12-27-13-11-23/h2-9,14H,10-13H2,1H3. The summed E-state index contributed by atoms with van der Waals surface area (Å²) in [7, 11) is -3.89. The van der Waals surface area contributed by atoms with Crippen molar-refractivity contribution in [3.8, 4) is 0 Å².